The Labute approximate surface area is 183 Å². The minimum Gasteiger partial charge on any atom is -0.495 e. The van der Waals surface area contributed by atoms with Crippen LogP contribution in [0, 0.1) is 0 Å². The first-order chi connectivity index (χ1) is 15.2. The summed E-state index contributed by atoms with van der Waals surface area (Å²) in [6.07, 6.45) is 4.10. The number of para-hydroxylation sites is 1. The maximum atomic E-state index is 12.5. The number of anilines is 1. The van der Waals surface area contributed by atoms with E-state index in [0.717, 1.165) is 51.2 Å². The van der Waals surface area contributed by atoms with Gasteiger partial charge in [-0.2, -0.15) is 0 Å². The molecular weight excluding hydrogens is 390 g/mol. The maximum absolute atomic E-state index is 12.5. The molecule has 2 aromatic carbocycles. The molecule has 0 aromatic heterocycles. The van der Waals surface area contributed by atoms with Crippen LogP contribution in [0.3, 0.4) is 0 Å². The molecule has 0 radical (unpaired) electrons. The Morgan fingerprint density at radius 3 is 2.42 bits per heavy atom. The Morgan fingerprint density at radius 2 is 1.68 bits per heavy atom. The van der Waals surface area contributed by atoms with Crippen molar-refractivity contribution in [1.29, 1.82) is 0 Å². The molecule has 3 aliphatic rings. The van der Waals surface area contributed by atoms with E-state index in [1.54, 1.807) is 19.2 Å². The van der Waals surface area contributed by atoms with Gasteiger partial charge in [0.05, 0.1) is 23.9 Å². The largest absolute Gasteiger partial charge is 0.495 e. The molecule has 2 amide bonds. The summed E-state index contributed by atoms with van der Waals surface area (Å²) in [7, 11) is 1.75. The van der Waals surface area contributed by atoms with Gasteiger partial charge in [-0.25, -0.2) is 0 Å². The number of imide groups is 1. The molecule has 5 rings (SSSR count). The van der Waals surface area contributed by atoms with Crippen LogP contribution in [0.25, 0.3) is 0 Å². The van der Waals surface area contributed by atoms with Gasteiger partial charge in [0.15, 0.2) is 0 Å². The van der Waals surface area contributed by atoms with Crippen molar-refractivity contribution in [2.24, 2.45) is 0 Å². The highest BCUT2D eigenvalue weighted by Gasteiger charge is 2.35. The van der Waals surface area contributed by atoms with Crippen molar-refractivity contribution in [2.45, 2.75) is 31.7 Å². The monoisotopic (exact) mass is 419 g/mol. The zero-order valence-corrected chi connectivity index (χ0v) is 18.0. The van der Waals surface area contributed by atoms with Gasteiger partial charge in [0.1, 0.15) is 5.75 Å². The number of nitrogens with zero attached hydrogens (tertiary/aromatic N) is 3. The molecule has 0 unspecified atom stereocenters. The van der Waals surface area contributed by atoms with Crippen molar-refractivity contribution in [3.63, 3.8) is 0 Å². The number of aryl methyl sites for hydroxylation is 1. The van der Waals surface area contributed by atoms with Gasteiger partial charge in [0.2, 0.25) is 0 Å². The summed E-state index contributed by atoms with van der Waals surface area (Å²) in [5, 5.41) is 0. The number of piperazine rings is 1. The van der Waals surface area contributed by atoms with Gasteiger partial charge < -0.3 is 9.64 Å². The lowest BCUT2D eigenvalue weighted by atomic mass is 9.93. The third-order valence-corrected chi connectivity index (χ3v) is 6.89. The van der Waals surface area contributed by atoms with Crippen molar-refractivity contribution in [1.82, 2.24) is 9.80 Å². The van der Waals surface area contributed by atoms with Crippen molar-refractivity contribution in [3.8, 4) is 5.75 Å². The molecule has 0 spiro atoms. The molecule has 1 saturated heterocycles. The topological polar surface area (TPSA) is 53.1 Å². The number of amides is 2. The lowest BCUT2D eigenvalue weighted by Crippen LogP contribution is -2.55. The van der Waals surface area contributed by atoms with Crippen LogP contribution in [0.2, 0.25) is 0 Å². The Hall–Kier alpha value is -2.86. The minimum absolute atomic E-state index is 0.149. The van der Waals surface area contributed by atoms with E-state index in [0.29, 0.717) is 23.7 Å². The highest BCUT2D eigenvalue weighted by molar-refractivity contribution is 6.21. The molecule has 6 heteroatoms. The standard InChI is InChI=1S/C25H29N3O3/c1-31-22-10-6-7-18-11-12-19-17-26(15-16-27(19)23(18)22)13-4-5-14-28-24(29)20-8-2-3-9-21(20)25(28)30/h2-3,6-10,19H,4-5,11-17H2,1H3/t19-/m0/s1. The minimum atomic E-state index is -0.149. The van der Waals surface area contributed by atoms with E-state index in [-0.39, 0.29) is 11.8 Å². The number of hydrogen-bond acceptors (Lipinski definition) is 5. The van der Waals surface area contributed by atoms with Gasteiger partial charge in [-0.3, -0.25) is 19.4 Å². The maximum Gasteiger partial charge on any atom is 0.261 e. The average molecular weight is 420 g/mol. The summed E-state index contributed by atoms with van der Waals surface area (Å²) in [5.74, 6) is 0.685. The zero-order chi connectivity index (χ0) is 21.4. The molecule has 31 heavy (non-hydrogen) atoms. The molecular formula is C25H29N3O3. The quantitative estimate of drug-likeness (QED) is 0.532. The Morgan fingerprint density at radius 1 is 0.935 bits per heavy atom. The molecule has 162 valence electrons. The van der Waals surface area contributed by atoms with Gasteiger partial charge in [-0.05, 0) is 56.0 Å². The van der Waals surface area contributed by atoms with E-state index < -0.39 is 0 Å². The number of benzene rings is 2. The Bertz CT molecular complexity index is 956. The van der Waals surface area contributed by atoms with Gasteiger partial charge in [0.25, 0.3) is 11.8 Å². The SMILES string of the molecule is COc1cccc2c1N1CCN(CCCCN3C(=O)c4ccccc4C3=O)C[C@@H]1CC2. The van der Waals surface area contributed by atoms with Gasteiger partial charge in [-0.15, -0.1) is 0 Å². The third kappa shape index (κ3) is 3.59. The number of carbonyl (C=O) groups is 2. The van der Waals surface area contributed by atoms with Crippen LogP contribution < -0.4 is 9.64 Å². The fourth-order valence-corrected chi connectivity index (χ4v) is 5.29. The molecule has 0 bridgehead atoms. The average Bonchev–Trinajstić information content (AvgIpc) is 3.06. The molecule has 3 aliphatic heterocycles. The molecule has 1 atom stereocenters. The van der Waals surface area contributed by atoms with E-state index in [1.807, 2.05) is 12.1 Å². The Balaban J connectivity index is 1.13. The summed E-state index contributed by atoms with van der Waals surface area (Å²) >= 11 is 0. The van der Waals surface area contributed by atoms with Gasteiger partial charge >= 0.3 is 0 Å². The van der Waals surface area contributed by atoms with Crippen molar-refractivity contribution in [3.05, 3.63) is 59.2 Å². The van der Waals surface area contributed by atoms with Crippen LogP contribution in [-0.4, -0.2) is 67.5 Å². The Kier molecular flexibility index (Phi) is 5.40. The number of hydrogen-bond donors (Lipinski definition) is 0. The first-order valence-electron chi connectivity index (χ1n) is 11.3. The second-order valence-electron chi connectivity index (χ2n) is 8.67. The third-order valence-electron chi connectivity index (χ3n) is 6.89. The zero-order valence-electron chi connectivity index (χ0n) is 18.0. The van der Waals surface area contributed by atoms with Crippen molar-refractivity contribution >= 4 is 17.5 Å². The van der Waals surface area contributed by atoms with E-state index in [9.17, 15) is 9.59 Å². The number of unbranched alkanes of at least 4 members (excludes halogenated alkanes) is 1. The number of ether oxygens (including phenoxy) is 1. The number of rotatable bonds is 6. The summed E-state index contributed by atoms with van der Waals surface area (Å²) < 4.78 is 5.64. The predicted octanol–water partition coefficient (Wildman–Crippen LogP) is 3.21. The number of fused-ring (bicyclic) bond motifs is 4. The van der Waals surface area contributed by atoms with Crippen molar-refractivity contribution < 1.29 is 14.3 Å². The predicted molar refractivity (Wildman–Crippen MR) is 120 cm³/mol. The normalized spacial score (nSPS) is 20.5. The second kappa shape index (κ2) is 8.35. The fraction of sp³-hybridized carbons (Fsp3) is 0.440. The summed E-state index contributed by atoms with van der Waals surface area (Å²) in [6.45, 7) is 4.61. The van der Waals surface area contributed by atoms with Crippen LogP contribution in [0.1, 0.15) is 45.5 Å². The summed E-state index contributed by atoms with van der Waals surface area (Å²) in [5.41, 5.74) is 3.75. The molecule has 0 N–H and O–H groups in total. The van der Waals surface area contributed by atoms with Crippen LogP contribution in [0.15, 0.2) is 42.5 Å². The lowest BCUT2D eigenvalue weighted by molar-refractivity contribution is 0.0650. The van der Waals surface area contributed by atoms with Crippen LogP contribution >= 0.6 is 0 Å². The van der Waals surface area contributed by atoms with Gasteiger partial charge in [0, 0.05) is 32.2 Å². The lowest BCUT2D eigenvalue weighted by Gasteiger charge is -2.46. The van der Waals surface area contributed by atoms with E-state index in [1.165, 1.54) is 22.6 Å². The molecule has 0 aliphatic carbocycles. The van der Waals surface area contributed by atoms with Crippen LogP contribution in [-0.2, 0) is 6.42 Å². The molecule has 2 aromatic rings. The second-order valence-corrected chi connectivity index (χ2v) is 8.67. The summed E-state index contributed by atoms with van der Waals surface area (Å²) in [6, 6.07) is 14.0. The van der Waals surface area contributed by atoms with Crippen LogP contribution in [0.4, 0.5) is 5.69 Å². The van der Waals surface area contributed by atoms with Crippen LogP contribution in [0.5, 0.6) is 5.75 Å². The molecule has 1 fully saturated rings. The summed E-state index contributed by atoms with van der Waals surface area (Å²) in [4.78, 5) is 31.5. The highest BCUT2D eigenvalue weighted by Crippen LogP contribution is 2.39. The first-order valence-corrected chi connectivity index (χ1v) is 11.3. The highest BCUT2D eigenvalue weighted by atomic mass is 16.5. The molecule has 0 saturated carbocycles. The fourth-order valence-electron chi connectivity index (χ4n) is 5.29. The van der Waals surface area contributed by atoms with Gasteiger partial charge in [-0.1, -0.05) is 24.3 Å². The van der Waals surface area contributed by atoms with E-state index >= 15 is 0 Å². The van der Waals surface area contributed by atoms with E-state index in [2.05, 4.69) is 28.0 Å². The number of methoxy groups -OCH3 is 1. The number of carbonyl (C=O) groups excluding carboxylic acids is 2. The molecule has 3 heterocycles. The molecule has 6 nitrogen and oxygen atoms in total. The smallest absolute Gasteiger partial charge is 0.261 e. The van der Waals surface area contributed by atoms with Crippen molar-refractivity contribution in [2.75, 3.05) is 44.7 Å². The van der Waals surface area contributed by atoms with E-state index in [4.69, 9.17) is 4.74 Å². The first kappa shape index (κ1) is 20.1.